The number of ether oxygens (including phenoxy) is 2. The number of rotatable bonds is 3. The molecule has 14 heavy (non-hydrogen) atoms. The summed E-state index contributed by atoms with van der Waals surface area (Å²) in [6.07, 6.45) is 0. The number of esters is 1. The molecule has 1 aromatic carbocycles. The lowest BCUT2D eigenvalue weighted by Crippen LogP contribution is -2.22. The molecule has 0 spiro atoms. The predicted octanol–water partition coefficient (Wildman–Crippen LogP) is 0.868. The minimum atomic E-state index is -0.731. The third kappa shape index (κ3) is 2.23. The lowest BCUT2D eigenvalue weighted by molar-refractivity contribution is -0.142. The maximum absolute atomic E-state index is 11.1. The van der Waals surface area contributed by atoms with E-state index in [4.69, 9.17) is 10.5 Å². The second-order valence-electron chi connectivity index (χ2n) is 2.77. The minimum absolute atomic E-state index is 0.449. The van der Waals surface area contributed by atoms with E-state index in [-0.39, 0.29) is 0 Å². The van der Waals surface area contributed by atoms with Crippen LogP contribution in [-0.4, -0.2) is 20.2 Å². The van der Waals surface area contributed by atoms with Crippen LogP contribution in [0.15, 0.2) is 24.3 Å². The van der Waals surface area contributed by atoms with Crippen LogP contribution in [0.1, 0.15) is 11.6 Å². The quantitative estimate of drug-likeness (QED) is 0.727. The van der Waals surface area contributed by atoms with Crippen LogP contribution in [0.3, 0.4) is 0 Å². The van der Waals surface area contributed by atoms with E-state index in [0.717, 1.165) is 5.75 Å². The van der Waals surface area contributed by atoms with Gasteiger partial charge < -0.3 is 15.2 Å². The highest BCUT2D eigenvalue weighted by Gasteiger charge is 2.15. The smallest absolute Gasteiger partial charge is 0.327 e. The van der Waals surface area contributed by atoms with E-state index in [1.54, 1.807) is 31.4 Å². The van der Waals surface area contributed by atoms with Crippen molar-refractivity contribution < 1.29 is 14.3 Å². The molecule has 0 saturated carbocycles. The first kappa shape index (κ1) is 10.5. The van der Waals surface area contributed by atoms with Gasteiger partial charge in [0.05, 0.1) is 14.2 Å². The summed E-state index contributed by atoms with van der Waals surface area (Å²) >= 11 is 0. The average molecular weight is 195 g/mol. The minimum Gasteiger partial charge on any atom is -0.497 e. The molecule has 0 aromatic heterocycles. The van der Waals surface area contributed by atoms with Gasteiger partial charge in [0, 0.05) is 0 Å². The predicted molar refractivity (Wildman–Crippen MR) is 51.9 cm³/mol. The van der Waals surface area contributed by atoms with Crippen molar-refractivity contribution in [2.75, 3.05) is 14.2 Å². The van der Waals surface area contributed by atoms with E-state index in [1.807, 2.05) is 0 Å². The fourth-order valence-electron chi connectivity index (χ4n) is 1.07. The number of hydrogen-bond acceptors (Lipinski definition) is 4. The summed E-state index contributed by atoms with van der Waals surface area (Å²) in [7, 11) is 2.89. The number of carbonyl (C=O) groups is 1. The Morgan fingerprint density at radius 2 is 1.86 bits per heavy atom. The highest BCUT2D eigenvalue weighted by Crippen LogP contribution is 2.16. The molecule has 0 aliphatic carbocycles. The summed E-state index contributed by atoms with van der Waals surface area (Å²) in [5, 5.41) is 0. The Morgan fingerprint density at radius 1 is 1.29 bits per heavy atom. The van der Waals surface area contributed by atoms with Crippen molar-refractivity contribution in [3.63, 3.8) is 0 Å². The molecule has 2 N–H and O–H groups in total. The van der Waals surface area contributed by atoms with Crippen molar-refractivity contribution >= 4 is 5.97 Å². The highest BCUT2D eigenvalue weighted by atomic mass is 16.5. The van der Waals surface area contributed by atoms with E-state index in [1.165, 1.54) is 7.11 Å². The molecular weight excluding hydrogens is 182 g/mol. The normalized spacial score (nSPS) is 11.9. The Balaban J connectivity index is 2.81. The van der Waals surface area contributed by atoms with E-state index in [9.17, 15) is 4.79 Å². The van der Waals surface area contributed by atoms with E-state index < -0.39 is 12.0 Å². The molecule has 0 fully saturated rings. The monoisotopic (exact) mass is 195 g/mol. The van der Waals surface area contributed by atoms with E-state index >= 15 is 0 Å². The molecule has 0 aliphatic heterocycles. The first-order valence-corrected chi connectivity index (χ1v) is 4.16. The summed E-state index contributed by atoms with van der Waals surface area (Å²) in [4.78, 5) is 11.1. The molecule has 0 saturated heterocycles. The Labute approximate surface area is 82.6 Å². The maximum atomic E-state index is 11.1. The van der Waals surface area contributed by atoms with Gasteiger partial charge in [-0.3, -0.25) is 4.79 Å². The summed E-state index contributed by atoms with van der Waals surface area (Å²) in [6, 6.07) is 6.24. The Kier molecular flexibility index (Phi) is 3.48. The van der Waals surface area contributed by atoms with Crippen LogP contribution >= 0.6 is 0 Å². The molecule has 0 amide bonds. The van der Waals surface area contributed by atoms with Crippen LogP contribution in [0.2, 0.25) is 0 Å². The zero-order chi connectivity index (χ0) is 10.6. The van der Waals surface area contributed by atoms with Gasteiger partial charge in [-0.25, -0.2) is 0 Å². The first-order chi connectivity index (χ1) is 6.69. The zero-order valence-corrected chi connectivity index (χ0v) is 8.19. The zero-order valence-electron chi connectivity index (χ0n) is 8.19. The number of methoxy groups -OCH3 is 2. The van der Waals surface area contributed by atoms with Crippen LogP contribution in [0.5, 0.6) is 5.75 Å². The molecular formula is C10H13NO3. The Bertz CT molecular complexity index is 308. The lowest BCUT2D eigenvalue weighted by atomic mass is 10.1. The van der Waals surface area contributed by atoms with Gasteiger partial charge in [-0.1, -0.05) is 12.1 Å². The van der Waals surface area contributed by atoms with E-state index in [0.29, 0.717) is 5.56 Å². The molecule has 0 radical (unpaired) electrons. The Morgan fingerprint density at radius 3 is 2.29 bits per heavy atom. The van der Waals surface area contributed by atoms with Gasteiger partial charge in [0.15, 0.2) is 0 Å². The molecule has 1 aromatic rings. The highest BCUT2D eigenvalue weighted by molar-refractivity contribution is 5.77. The number of carbonyl (C=O) groups excluding carboxylic acids is 1. The molecule has 0 bridgehead atoms. The number of nitrogens with two attached hydrogens (primary N) is 1. The maximum Gasteiger partial charge on any atom is 0.327 e. The van der Waals surface area contributed by atoms with Crippen molar-refractivity contribution in [1.82, 2.24) is 0 Å². The van der Waals surface area contributed by atoms with Crippen LogP contribution in [-0.2, 0) is 9.53 Å². The van der Waals surface area contributed by atoms with Gasteiger partial charge in [-0.15, -0.1) is 0 Å². The van der Waals surface area contributed by atoms with Crippen molar-refractivity contribution in [3.05, 3.63) is 29.8 Å². The van der Waals surface area contributed by atoms with Gasteiger partial charge >= 0.3 is 5.97 Å². The fourth-order valence-corrected chi connectivity index (χ4v) is 1.07. The second-order valence-corrected chi connectivity index (χ2v) is 2.77. The van der Waals surface area contributed by atoms with Gasteiger partial charge in [-0.05, 0) is 17.7 Å². The SMILES string of the molecule is COC(=O)C(N)c1ccc(OC)cc1. The standard InChI is InChI=1S/C10H13NO3/c1-13-8-5-3-7(4-6-8)9(11)10(12)14-2/h3-6,9H,11H2,1-2H3. The molecule has 0 aliphatic rings. The third-order valence-electron chi connectivity index (χ3n) is 1.93. The van der Waals surface area contributed by atoms with E-state index in [2.05, 4.69) is 4.74 Å². The molecule has 4 nitrogen and oxygen atoms in total. The average Bonchev–Trinajstić information content (AvgIpc) is 2.27. The first-order valence-electron chi connectivity index (χ1n) is 4.16. The molecule has 1 unspecified atom stereocenters. The fraction of sp³-hybridized carbons (Fsp3) is 0.300. The van der Waals surface area contributed by atoms with Crippen molar-refractivity contribution in [3.8, 4) is 5.75 Å². The molecule has 76 valence electrons. The van der Waals surface area contributed by atoms with Crippen molar-refractivity contribution in [2.24, 2.45) is 5.73 Å². The Hall–Kier alpha value is -1.55. The van der Waals surface area contributed by atoms with Gasteiger partial charge in [0.1, 0.15) is 11.8 Å². The number of benzene rings is 1. The largest absolute Gasteiger partial charge is 0.497 e. The van der Waals surface area contributed by atoms with Gasteiger partial charge in [0.2, 0.25) is 0 Å². The van der Waals surface area contributed by atoms with Crippen LogP contribution < -0.4 is 10.5 Å². The molecule has 1 rings (SSSR count). The summed E-state index contributed by atoms with van der Waals surface area (Å²) in [5.41, 5.74) is 6.33. The van der Waals surface area contributed by atoms with Gasteiger partial charge in [-0.2, -0.15) is 0 Å². The van der Waals surface area contributed by atoms with Crippen LogP contribution in [0.25, 0.3) is 0 Å². The third-order valence-corrected chi connectivity index (χ3v) is 1.93. The van der Waals surface area contributed by atoms with Crippen molar-refractivity contribution in [2.45, 2.75) is 6.04 Å². The summed E-state index contributed by atoms with van der Waals surface area (Å²) in [5.74, 6) is 0.279. The molecule has 1 atom stereocenters. The van der Waals surface area contributed by atoms with Crippen molar-refractivity contribution in [1.29, 1.82) is 0 Å². The van der Waals surface area contributed by atoms with Crippen LogP contribution in [0, 0.1) is 0 Å². The van der Waals surface area contributed by atoms with Gasteiger partial charge in [0.25, 0.3) is 0 Å². The number of hydrogen-bond donors (Lipinski definition) is 1. The lowest BCUT2D eigenvalue weighted by Gasteiger charge is -2.09. The second kappa shape index (κ2) is 4.62. The molecule has 0 heterocycles. The van der Waals surface area contributed by atoms with Crippen LogP contribution in [0.4, 0.5) is 0 Å². The molecule has 4 heteroatoms. The summed E-state index contributed by atoms with van der Waals surface area (Å²) < 4.78 is 9.51. The summed E-state index contributed by atoms with van der Waals surface area (Å²) in [6.45, 7) is 0. The topological polar surface area (TPSA) is 61.5 Å².